The first-order chi connectivity index (χ1) is 5.42. The number of hydrogen-bond donors (Lipinski definition) is 0. The summed E-state index contributed by atoms with van der Waals surface area (Å²) in [4.78, 5) is 14.3. The molecule has 0 N–H and O–H groups in total. The molecular formula is C8H6N2O. The first-order valence-electron chi connectivity index (χ1n) is 3.27. The Labute approximate surface area is 63.3 Å². The van der Waals surface area contributed by atoms with Gasteiger partial charge >= 0.3 is 0 Å². The molecule has 0 saturated heterocycles. The molecule has 54 valence electrons. The molecule has 3 nitrogen and oxygen atoms in total. The minimum absolute atomic E-state index is 0.768. The molecule has 2 rings (SSSR count). The van der Waals surface area contributed by atoms with Crippen LogP contribution >= 0.6 is 0 Å². The van der Waals surface area contributed by atoms with Crippen molar-refractivity contribution in [1.82, 2.24) is 9.55 Å². The monoisotopic (exact) mass is 146 g/mol. The predicted molar refractivity (Wildman–Crippen MR) is 41.9 cm³/mol. The third kappa shape index (κ3) is 0.816. The third-order valence-corrected chi connectivity index (χ3v) is 1.64. The lowest BCUT2D eigenvalue weighted by atomic mass is 10.3. The first-order valence-corrected chi connectivity index (χ1v) is 3.27. The van der Waals surface area contributed by atoms with Gasteiger partial charge in [-0.1, -0.05) is 0 Å². The van der Waals surface area contributed by atoms with Crippen LogP contribution in [0.25, 0.3) is 10.9 Å². The van der Waals surface area contributed by atoms with Crippen LogP contribution in [0.2, 0.25) is 0 Å². The highest BCUT2D eigenvalue weighted by Crippen LogP contribution is 2.11. The fourth-order valence-electron chi connectivity index (χ4n) is 1.09. The second-order valence-electron chi connectivity index (χ2n) is 2.26. The standard InChI is InChI=1S/C8H6N2O/c11-6-10-4-2-7-1-3-9-5-8(7)10/h1-6H. The summed E-state index contributed by atoms with van der Waals surface area (Å²) in [5.41, 5.74) is 0.850. The van der Waals surface area contributed by atoms with E-state index >= 15 is 0 Å². The summed E-state index contributed by atoms with van der Waals surface area (Å²) < 4.78 is 1.50. The van der Waals surface area contributed by atoms with Crippen molar-refractivity contribution in [3.8, 4) is 0 Å². The van der Waals surface area contributed by atoms with Gasteiger partial charge in [0, 0.05) is 17.8 Å². The van der Waals surface area contributed by atoms with Crippen molar-refractivity contribution < 1.29 is 4.79 Å². The van der Waals surface area contributed by atoms with Gasteiger partial charge in [-0.05, 0) is 12.1 Å². The number of aromatic nitrogens is 2. The summed E-state index contributed by atoms with van der Waals surface area (Å²) in [6, 6.07) is 3.75. The molecule has 2 aromatic heterocycles. The van der Waals surface area contributed by atoms with Crippen LogP contribution in [0.4, 0.5) is 0 Å². The summed E-state index contributed by atoms with van der Waals surface area (Å²) in [6.45, 7) is 0. The quantitative estimate of drug-likeness (QED) is 0.564. The van der Waals surface area contributed by atoms with Crippen molar-refractivity contribution in [2.24, 2.45) is 0 Å². The Morgan fingerprint density at radius 1 is 1.45 bits per heavy atom. The average molecular weight is 146 g/mol. The highest BCUT2D eigenvalue weighted by atomic mass is 16.1. The number of nitrogens with zero attached hydrogens (tertiary/aromatic N) is 2. The molecule has 0 unspecified atom stereocenters. The summed E-state index contributed by atoms with van der Waals surface area (Å²) in [5.74, 6) is 0. The van der Waals surface area contributed by atoms with Crippen molar-refractivity contribution in [3.63, 3.8) is 0 Å². The third-order valence-electron chi connectivity index (χ3n) is 1.64. The van der Waals surface area contributed by atoms with E-state index in [1.807, 2.05) is 12.1 Å². The lowest BCUT2D eigenvalue weighted by Crippen LogP contribution is -1.90. The van der Waals surface area contributed by atoms with E-state index in [9.17, 15) is 4.79 Å². The Hall–Kier alpha value is -1.64. The topological polar surface area (TPSA) is 34.9 Å². The molecule has 0 saturated carbocycles. The largest absolute Gasteiger partial charge is 0.288 e. The van der Waals surface area contributed by atoms with Gasteiger partial charge in [-0.25, -0.2) is 0 Å². The average Bonchev–Trinajstić information content (AvgIpc) is 2.47. The maximum atomic E-state index is 10.4. The number of carbonyl (C=O) groups excluding carboxylic acids is 1. The van der Waals surface area contributed by atoms with Gasteiger partial charge in [0.05, 0.1) is 11.7 Å². The zero-order chi connectivity index (χ0) is 7.68. The van der Waals surface area contributed by atoms with Gasteiger partial charge in [0.2, 0.25) is 6.41 Å². The molecule has 0 spiro atoms. The van der Waals surface area contributed by atoms with Crippen LogP contribution in [0.3, 0.4) is 0 Å². The number of hydrogen-bond acceptors (Lipinski definition) is 2. The maximum absolute atomic E-state index is 10.4. The minimum Gasteiger partial charge on any atom is -0.288 e. The van der Waals surface area contributed by atoms with E-state index < -0.39 is 0 Å². The highest BCUT2D eigenvalue weighted by Gasteiger charge is 1.96. The fraction of sp³-hybridized carbons (Fsp3) is 0. The van der Waals surface area contributed by atoms with Crippen LogP contribution in [0.1, 0.15) is 0 Å². The van der Waals surface area contributed by atoms with Crippen molar-refractivity contribution in [2.45, 2.75) is 0 Å². The molecule has 0 aliphatic heterocycles. The summed E-state index contributed by atoms with van der Waals surface area (Å²) >= 11 is 0. The van der Waals surface area contributed by atoms with Crippen LogP contribution in [0, 0.1) is 0 Å². The number of rotatable bonds is 1. The fourth-order valence-corrected chi connectivity index (χ4v) is 1.09. The molecule has 3 heteroatoms. The molecule has 0 amide bonds. The Bertz CT molecular complexity index is 392. The Kier molecular flexibility index (Phi) is 1.22. The SMILES string of the molecule is O=Cn1ccc2ccncc21. The lowest BCUT2D eigenvalue weighted by Gasteiger charge is -1.90. The van der Waals surface area contributed by atoms with Crippen molar-refractivity contribution >= 4 is 17.3 Å². The van der Waals surface area contributed by atoms with E-state index in [1.54, 1.807) is 18.6 Å². The van der Waals surface area contributed by atoms with Gasteiger partial charge in [0.25, 0.3) is 0 Å². The minimum atomic E-state index is 0.768. The van der Waals surface area contributed by atoms with E-state index in [0.29, 0.717) is 0 Å². The summed E-state index contributed by atoms with van der Waals surface area (Å²) in [5, 5.41) is 1.03. The number of fused-ring (bicyclic) bond motifs is 1. The molecule has 0 bridgehead atoms. The molecule has 0 radical (unpaired) electrons. The molecule has 0 aliphatic carbocycles. The Morgan fingerprint density at radius 3 is 3.18 bits per heavy atom. The Balaban J connectivity index is 2.86. The van der Waals surface area contributed by atoms with E-state index in [1.165, 1.54) is 4.57 Å². The predicted octanol–water partition coefficient (Wildman–Crippen LogP) is 1.07. The molecular weight excluding hydrogens is 140 g/mol. The zero-order valence-corrected chi connectivity index (χ0v) is 5.77. The van der Waals surface area contributed by atoms with Crippen LogP contribution in [0.5, 0.6) is 0 Å². The molecule has 2 aromatic rings. The summed E-state index contributed by atoms with van der Waals surface area (Å²) in [6.07, 6.45) is 5.87. The van der Waals surface area contributed by atoms with Gasteiger partial charge in [-0.2, -0.15) is 0 Å². The highest BCUT2D eigenvalue weighted by molar-refractivity contribution is 5.84. The van der Waals surface area contributed by atoms with E-state index in [2.05, 4.69) is 4.98 Å². The molecule has 0 aliphatic rings. The van der Waals surface area contributed by atoms with Crippen LogP contribution in [0.15, 0.2) is 30.7 Å². The van der Waals surface area contributed by atoms with E-state index in [4.69, 9.17) is 0 Å². The van der Waals surface area contributed by atoms with E-state index in [-0.39, 0.29) is 0 Å². The van der Waals surface area contributed by atoms with Gasteiger partial charge in [-0.15, -0.1) is 0 Å². The van der Waals surface area contributed by atoms with Gasteiger partial charge < -0.3 is 0 Å². The molecule has 0 atom stereocenters. The molecule has 11 heavy (non-hydrogen) atoms. The molecule has 2 heterocycles. The van der Waals surface area contributed by atoms with Crippen molar-refractivity contribution in [2.75, 3.05) is 0 Å². The lowest BCUT2D eigenvalue weighted by molar-refractivity contribution is 0.549. The van der Waals surface area contributed by atoms with Gasteiger partial charge in [-0.3, -0.25) is 14.3 Å². The number of carbonyl (C=O) groups is 1. The maximum Gasteiger partial charge on any atom is 0.218 e. The molecule has 0 fully saturated rings. The van der Waals surface area contributed by atoms with Crippen molar-refractivity contribution in [1.29, 1.82) is 0 Å². The smallest absolute Gasteiger partial charge is 0.218 e. The van der Waals surface area contributed by atoms with Crippen LogP contribution in [-0.2, 0) is 4.79 Å². The van der Waals surface area contributed by atoms with Gasteiger partial charge in [0.15, 0.2) is 0 Å². The summed E-state index contributed by atoms with van der Waals surface area (Å²) in [7, 11) is 0. The Morgan fingerprint density at radius 2 is 2.36 bits per heavy atom. The van der Waals surface area contributed by atoms with Crippen LogP contribution < -0.4 is 0 Å². The zero-order valence-electron chi connectivity index (χ0n) is 5.77. The first kappa shape index (κ1) is 6.09. The normalized spacial score (nSPS) is 10.2. The molecule has 0 aromatic carbocycles. The van der Waals surface area contributed by atoms with Crippen LogP contribution in [-0.4, -0.2) is 16.0 Å². The second kappa shape index (κ2) is 2.20. The number of pyridine rings is 1. The van der Waals surface area contributed by atoms with Gasteiger partial charge in [0.1, 0.15) is 0 Å². The van der Waals surface area contributed by atoms with Crippen molar-refractivity contribution in [3.05, 3.63) is 30.7 Å². The van der Waals surface area contributed by atoms with E-state index in [0.717, 1.165) is 17.3 Å². The second-order valence-corrected chi connectivity index (χ2v) is 2.26.